The summed E-state index contributed by atoms with van der Waals surface area (Å²) >= 11 is 0. The maximum absolute atomic E-state index is 13.2. The van der Waals surface area contributed by atoms with Crippen molar-refractivity contribution in [1.82, 2.24) is 14.2 Å². The SMILES string of the molecule is O=C(Nc1ccc2c(c1)OCO2)C1CCCN(S(=O)(=O)c2c[nH]c(C(=O)N3CCCC3)c2)C1. The fourth-order valence-electron chi connectivity index (χ4n) is 4.48. The van der Waals surface area contributed by atoms with Gasteiger partial charge in [0.1, 0.15) is 10.6 Å². The molecule has 1 unspecified atom stereocenters. The Kier molecular flexibility index (Phi) is 5.75. The number of anilines is 1. The molecule has 0 saturated carbocycles. The number of nitrogens with zero attached hydrogens (tertiary/aromatic N) is 2. The van der Waals surface area contributed by atoms with E-state index in [2.05, 4.69) is 10.3 Å². The van der Waals surface area contributed by atoms with Gasteiger partial charge in [-0.15, -0.1) is 0 Å². The van der Waals surface area contributed by atoms with E-state index in [0.717, 1.165) is 12.8 Å². The monoisotopic (exact) mass is 474 g/mol. The number of ether oxygens (including phenoxy) is 2. The molecular formula is C22H26N4O6S. The van der Waals surface area contributed by atoms with Crippen LogP contribution in [0.4, 0.5) is 5.69 Å². The Hall–Kier alpha value is -3.05. The zero-order valence-corrected chi connectivity index (χ0v) is 18.9. The van der Waals surface area contributed by atoms with Crippen molar-refractivity contribution in [3.8, 4) is 11.5 Å². The summed E-state index contributed by atoms with van der Waals surface area (Å²) in [6.45, 7) is 1.93. The normalized spacial score (nSPS) is 20.7. The number of rotatable bonds is 5. The van der Waals surface area contributed by atoms with Crippen molar-refractivity contribution < 1.29 is 27.5 Å². The zero-order valence-electron chi connectivity index (χ0n) is 18.1. The predicted molar refractivity (Wildman–Crippen MR) is 119 cm³/mol. The summed E-state index contributed by atoms with van der Waals surface area (Å²) in [5.74, 6) is 0.273. The van der Waals surface area contributed by atoms with Crippen LogP contribution in [0.5, 0.6) is 11.5 Å². The fourth-order valence-corrected chi connectivity index (χ4v) is 6.00. The molecule has 4 heterocycles. The number of fused-ring (bicyclic) bond motifs is 1. The molecule has 1 aromatic carbocycles. The number of H-pyrrole nitrogens is 1. The maximum Gasteiger partial charge on any atom is 0.270 e. The fraction of sp³-hybridized carbons (Fsp3) is 0.455. The number of hydrogen-bond acceptors (Lipinski definition) is 6. The lowest BCUT2D eigenvalue weighted by Crippen LogP contribution is -2.43. The maximum atomic E-state index is 13.2. The van der Waals surface area contributed by atoms with Crippen molar-refractivity contribution in [1.29, 1.82) is 0 Å². The number of sulfonamides is 1. The minimum absolute atomic E-state index is 0.0434. The van der Waals surface area contributed by atoms with Gasteiger partial charge in [-0.1, -0.05) is 0 Å². The zero-order chi connectivity index (χ0) is 23.0. The molecule has 1 atom stereocenters. The smallest absolute Gasteiger partial charge is 0.270 e. The van der Waals surface area contributed by atoms with Crippen LogP contribution >= 0.6 is 0 Å². The van der Waals surface area contributed by atoms with Gasteiger partial charge >= 0.3 is 0 Å². The highest BCUT2D eigenvalue weighted by atomic mass is 32.2. The third-order valence-electron chi connectivity index (χ3n) is 6.31. The number of nitrogens with one attached hydrogen (secondary N) is 2. The number of likely N-dealkylation sites (tertiary alicyclic amines) is 1. The van der Waals surface area contributed by atoms with E-state index < -0.39 is 15.9 Å². The Labute approximate surface area is 191 Å². The molecule has 0 bridgehead atoms. The molecule has 2 amide bonds. The number of hydrogen-bond donors (Lipinski definition) is 2. The van der Waals surface area contributed by atoms with Gasteiger partial charge in [-0.25, -0.2) is 8.42 Å². The van der Waals surface area contributed by atoms with Gasteiger partial charge < -0.3 is 24.7 Å². The summed E-state index contributed by atoms with van der Waals surface area (Å²) in [5, 5.41) is 2.85. The Morgan fingerprint density at radius 2 is 1.82 bits per heavy atom. The number of aromatic amines is 1. The lowest BCUT2D eigenvalue weighted by atomic mass is 9.98. The summed E-state index contributed by atoms with van der Waals surface area (Å²) in [5.41, 5.74) is 0.838. The standard InChI is InChI=1S/C22H26N4O6S/c27-21(24-16-5-6-19-20(10-16)32-14-31-19)15-4-3-9-26(13-15)33(29,30)17-11-18(23-12-17)22(28)25-7-1-2-8-25/h5-6,10-12,15,23H,1-4,7-9,13-14H2,(H,24,27). The van der Waals surface area contributed by atoms with Crippen LogP contribution in [-0.2, 0) is 14.8 Å². The van der Waals surface area contributed by atoms with Crippen LogP contribution in [0.15, 0.2) is 35.4 Å². The average molecular weight is 475 g/mol. The van der Waals surface area contributed by atoms with Crippen molar-refractivity contribution in [2.45, 2.75) is 30.6 Å². The van der Waals surface area contributed by atoms with Crippen LogP contribution in [0, 0.1) is 5.92 Å². The van der Waals surface area contributed by atoms with E-state index in [0.29, 0.717) is 49.7 Å². The minimum Gasteiger partial charge on any atom is -0.454 e. The van der Waals surface area contributed by atoms with Crippen LogP contribution in [0.25, 0.3) is 0 Å². The van der Waals surface area contributed by atoms with Crippen molar-refractivity contribution in [3.05, 3.63) is 36.2 Å². The highest BCUT2D eigenvalue weighted by molar-refractivity contribution is 7.89. The highest BCUT2D eigenvalue weighted by Crippen LogP contribution is 2.34. The largest absolute Gasteiger partial charge is 0.454 e. The van der Waals surface area contributed by atoms with Crippen LogP contribution in [0.2, 0.25) is 0 Å². The van der Waals surface area contributed by atoms with Crippen molar-refractivity contribution in [2.75, 3.05) is 38.3 Å². The second kappa shape index (κ2) is 8.71. The molecule has 1 aromatic heterocycles. The number of carbonyl (C=O) groups is 2. The first-order valence-electron chi connectivity index (χ1n) is 11.1. The molecule has 176 valence electrons. The molecular weight excluding hydrogens is 448 g/mol. The lowest BCUT2D eigenvalue weighted by molar-refractivity contribution is -0.120. The van der Waals surface area contributed by atoms with Gasteiger partial charge in [-0.3, -0.25) is 9.59 Å². The van der Waals surface area contributed by atoms with Crippen molar-refractivity contribution >= 4 is 27.5 Å². The van der Waals surface area contributed by atoms with Crippen LogP contribution in [0.1, 0.15) is 36.2 Å². The summed E-state index contributed by atoms with van der Waals surface area (Å²) in [6, 6.07) is 6.53. The molecule has 33 heavy (non-hydrogen) atoms. The van der Waals surface area contributed by atoms with E-state index in [4.69, 9.17) is 9.47 Å². The molecule has 5 rings (SSSR count). The van der Waals surface area contributed by atoms with Gasteiger partial charge in [0, 0.05) is 44.1 Å². The van der Waals surface area contributed by atoms with Gasteiger partial charge in [0.2, 0.25) is 22.7 Å². The summed E-state index contributed by atoms with van der Waals surface area (Å²) in [6.07, 6.45) is 4.44. The quantitative estimate of drug-likeness (QED) is 0.684. The van der Waals surface area contributed by atoms with Gasteiger partial charge in [-0.2, -0.15) is 4.31 Å². The number of benzene rings is 1. The molecule has 2 saturated heterocycles. The van der Waals surface area contributed by atoms with Crippen LogP contribution in [-0.4, -0.2) is 67.4 Å². The first-order chi connectivity index (χ1) is 15.9. The third-order valence-corrected chi connectivity index (χ3v) is 8.16. The summed E-state index contributed by atoms with van der Waals surface area (Å²) < 4.78 is 38.4. The highest BCUT2D eigenvalue weighted by Gasteiger charge is 2.34. The Balaban J connectivity index is 1.26. The second-order valence-electron chi connectivity index (χ2n) is 8.51. The average Bonchev–Trinajstić information content (AvgIpc) is 3.60. The molecule has 10 nitrogen and oxygen atoms in total. The first-order valence-corrected chi connectivity index (χ1v) is 12.5. The van der Waals surface area contributed by atoms with Gasteiger partial charge in [-0.05, 0) is 43.9 Å². The number of aromatic nitrogens is 1. The van der Waals surface area contributed by atoms with E-state index in [9.17, 15) is 18.0 Å². The molecule has 3 aliphatic heterocycles. The van der Waals surface area contributed by atoms with Gasteiger partial charge in [0.05, 0.1) is 5.92 Å². The molecule has 2 fully saturated rings. The van der Waals surface area contributed by atoms with Crippen LogP contribution < -0.4 is 14.8 Å². The van der Waals surface area contributed by atoms with E-state index in [1.807, 2.05) is 0 Å². The summed E-state index contributed by atoms with van der Waals surface area (Å²) in [4.78, 5) is 30.0. The van der Waals surface area contributed by atoms with E-state index in [1.54, 1.807) is 23.1 Å². The molecule has 0 spiro atoms. The summed E-state index contributed by atoms with van der Waals surface area (Å²) in [7, 11) is -3.83. The Morgan fingerprint density at radius 3 is 2.64 bits per heavy atom. The van der Waals surface area contributed by atoms with E-state index in [-0.39, 0.29) is 35.7 Å². The second-order valence-corrected chi connectivity index (χ2v) is 10.4. The molecule has 2 aromatic rings. The molecule has 0 aliphatic carbocycles. The first kappa shape index (κ1) is 21.8. The van der Waals surface area contributed by atoms with E-state index in [1.165, 1.54) is 16.6 Å². The molecule has 0 radical (unpaired) electrons. The molecule has 3 aliphatic rings. The predicted octanol–water partition coefficient (Wildman–Crippen LogP) is 2.02. The number of carbonyl (C=O) groups excluding carboxylic acids is 2. The topological polar surface area (TPSA) is 121 Å². The Morgan fingerprint density at radius 1 is 1.03 bits per heavy atom. The molecule has 11 heteroatoms. The van der Waals surface area contributed by atoms with Crippen molar-refractivity contribution in [2.24, 2.45) is 5.92 Å². The van der Waals surface area contributed by atoms with Crippen LogP contribution in [0.3, 0.4) is 0 Å². The third kappa shape index (κ3) is 4.30. The van der Waals surface area contributed by atoms with Crippen molar-refractivity contribution in [3.63, 3.8) is 0 Å². The minimum atomic E-state index is -3.83. The Bertz CT molecular complexity index is 1170. The van der Waals surface area contributed by atoms with E-state index >= 15 is 0 Å². The van der Waals surface area contributed by atoms with Gasteiger partial charge in [0.25, 0.3) is 5.91 Å². The van der Waals surface area contributed by atoms with Gasteiger partial charge in [0.15, 0.2) is 11.5 Å². The number of amides is 2. The number of piperidine rings is 1. The molecule has 2 N–H and O–H groups in total. The lowest BCUT2D eigenvalue weighted by Gasteiger charge is -2.31.